The third-order valence-electron chi connectivity index (χ3n) is 4.35. The van der Waals surface area contributed by atoms with E-state index < -0.39 is 33.2 Å². The second-order valence-electron chi connectivity index (χ2n) is 6.03. The molecule has 0 heterocycles. The largest absolute Gasteiger partial charge is 0.461 e. The molecule has 1 fully saturated rings. The maximum atomic E-state index is 13.0. The van der Waals surface area contributed by atoms with Crippen LogP contribution in [0.3, 0.4) is 0 Å². The maximum Gasteiger partial charge on any atom is 0.417 e. The second-order valence-corrected chi connectivity index (χ2v) is 8.41. The molecule has 1 saturated carbocycles. The minimum Gasteiger partial charge on any atom is -0.461 e. The Labute approximate surface area is 136 Å². The van der Waals surface area contributed by atoms with Crippen molar-refractivity contribution < 1.29 is 27.8 Å². The smallest absolute Gasteiger partial charge is 0.417 e. The topological polar surface area (TPSA) is 46.5 Å². The molecule has 0 radical (unpaired) electrons. The number of hydrogen-bond acceptors (Lipinski definition) is 3. The van der Waals surface area contributed by atoms with E-state index in [1.807, 2.05) is 29.5 Å². The van der Waals surface area contributed by atoms with Gasteiger partial charge in [-0.05, 0) is 39.5 Å². The van der Waals surface area contributed by atoms with Crippen LogP contribution in [-0.2, 0) is 9.53 Å². The number of carbonyl (C=O) groups excluding carboxylic acids is 1. The van der Waals surface area contributed by atoms with Crippen molar-refractivity contribution in [3.8, 4) is 0 Å². The Bertz CT molecular complexity index is 380. The number of alkyl halides is 4. The van der Waals surface area contributed by atoms with E-state index in [-0.39, 0.29) is 6.42 Å². The molecule has 1 aliphatic rings. The van der Waals surface area contributed by atoms with Crippen LogP contribution in [0.15, 0.2) is 0 Å². The highest BCUT2D eigenvalue weighted by atomic mass is 127. The number of esters is 1. The van der Waals surface area contributed by atoms with Crippen LogP contribution in [0.1, 0.15) is 52.9 Å². The lowest BCUT2D eigenvalue weighted by Crippen LogP contribution is -2.55. The number of carbonyl (C=O) groups is 1. The third-order valence-corrected chi connectivity index (χ3v) is 5.55. The van der Waals surface area contributed by atoms with Gasteiger partial charge in [0.25, 0.3) is 0 Å². The van der Waals surface area contributed by atoms with Crippen molar-refractivity contribution in [2.75, 3.05) is 0 Å². The van der Waals surface area contributed by atoms with Crippen LogP contribution in [-0.4, -0.2) is 32.4 Å². The fourth-order valence-corrected chi connectivity index (χ4v) is 2.62. The van der Waals surface area contributed by atoms with Crippen molar-refractivity contribution in [3.05, 3.63) is 0 Å². The summed E-state index contributed by atoms with van der Waals surface area (Å²) in [5.74, 6) is -1.63. The summed E-state index contributed by atoms with van der Waals surface area (Å²) in [6.07, 6.45) is -3.24. The zero-order chi connectivity index (χ0) is 16.5. The van der Waals surface area contributed by atoms with Gasteiger partial charge in [-0.25, -0.2) is 0 Å². The van der Waals surface area contributed by atoms with Gasteiger partial charge in [0.15, 0.2) is 5.60 Å². The molecular formula is C14H22F3IO3. The summed E-state index contributed by atoms with van der Waals surface area (Å²) < 4.78 is 43.7. The van der Waals surface area contributed by atoms with E-state index in [4.69, 9.17) is 4.74 Å². The van der Waals surface area contributed by atoms with Crippen LogP contribution < -0.4 is 0 Å². The average molecular weight is 422 g/mol. The van der Waals surface area contributed by atoms with Crippen molar-refractivity contribution in [3.63, 3.8) is 0 Å². The molecule has 4 atom stereocenters. The average Bonchev–Trinajstić information content (AvgIpc) is 2.37. The predicted octanol–water partition coefficient (Wildman–Crippen LogP) is 4.01. The van der Waals surface area contributed by atoms with Crippen molar-refractivity contribution in [1.82, 2.24) is 0 Å². The van der Waals surface area contributed by atoms with Crippen LogP contribution in [0.25, 0.3) is 0 Å². The molecule has 1 N–H and O–H groups in total. The maximum absolute atomic E-state index is 13.0. The minimum atomic E-state index is -4.74. The SMILES string of the molecule is CCC(C)(I)C(=O)OC1CCCCC1C(C)(O)C(F)(F)F. The van der Waals surface area contributed by atoms with Crippen LogP contribution in [0, 0.1) is 5.92 Å². The first-order valence-electron chi connectivity index (χ1n) is 7.12. The van der Waals surface area contributed by atoms with Gasteiger partial charge >= 0.3 is 12.1 Å². The van der Waals surface area contributed by atoms with E-state index in [0.29, 0.717) is 25.7 Å². The first kappa shape index (κ1) is 19.0. The number of hydrogen-bond donors (Lipinski definition) is 1. The first-order chi connectivity index (χ1) is 9.43. The Morgan fingerprint density at radius 3 is 2.29 bits per heavy atom. The Kier molecular flexibility index (Phi) is 5.97. The van der Waals surface area contributed by atoms with E-state index in [0.717, 1.165) is 6.92 Å². The summed E-state index contributed by atoms with van der Waals surface area (Å²) in [6.45, 7) is 4.28. The number of ether oxygens (including phenoxy) is 1. The summed E-state index contributed by atoms with van der Waals surface area (Å²) in [6, 6.07) is 0. The molecule has 0 bridgehead atoms. The molecule has 0 aromatic heterocycles. The van der Waals surface area contributed by atoms with Gasteiger partial charge in [-0.1, -0.05) is 35.9 Å². The third kappa shape index (κ3) is 4.24. The summed E-state index contributed by atoms with van der Waals surface area (Å²) in [7, 11) is 0. The Morgan fingerprint density at radius 2 is 1.81 bits per heavy atom. The lowest BCUT2D eigenvalue weighted by molar-refractivity contribution is -0.285. The van der Waals surface area contributed by atoms with E-state index in [9.17, 15) is 23.1 Å². The van der Waals surface area contributed by atoms with E-state index in [1.54, 1.807) is 6.92 Å². The Morgan fingerprint density at radius 1 is 1.29 bits per heavy atom. The van der Waals surface area contributed by atoms with Crippen molar-refractivity contribution in [2.24, 2.45) is 5.92 Å². The standard InChI is InChI=1S/C14H22F3IO3/c1-4-12(2,18)11(19)21-10-8-6-5-7-9(10)13(3,20)14(15,16)17/h9-10,20H,4-8H2,1-3H3. The monoisotopic (exact) mass is 422 g/mol. The molecule has 1 rings (SSSR count). The molecule has 0 spiro atoms. The van der Waals surface area contributed by atoms with E-state index >= 15 is 0 Å². The zero-order valence-corrected chi connectivity index (χ0v) is 14.6. The van der Waals surface area contributed by atoms with Crippen LogP contribution in [0.2, 0.25) is 0 Å². The molecule has 0 aromatic rings. The Hall–Kier alpha value is -0.0500. The summed E-state index contributed by atoms with van der Waals surface area (Å²) in [5.41, 5.74) is -2.84. The highest BCUT2D eigenvalue weighted by Crippen LogP contribution is 2.44. The van der Waals surface area contributed by atoms with Gasteiger partial charge in [-0.15, -0.1) is 0 Å². The molecule has 124 valence electrons. The van der Waals surface area contributed by atoms with Gasteiger partial charge in [0.2, 0.25) is 0 Å². The second kappa shape index (κ2) is 6.60. The number of rotatable bonds is 4. The van der Waals surface area contributed by atoms with Gasteiger partial charge in [0, 0.05) is 5.92 Å². The minimum absolute atomic E-state index is 0.203. The van der Waals surface area contributed by atoms with Gasteiger partial charge in [0.1, 0.15) is 9.53 Å². The van der Waals surface area contributed by atoms with Gasteiger partial charge < -0.3 is 9.84 Å². The first-order valence-corrected chi connectivity index (χ1v) is 8.20. The fraction of sp³-hybridized carbons (Fsp3) is 0.929. The molecule has 0 amide bonds. The zero-order valence-electron chi connectivity index (χ0n) is 12.5. The quantitative estimate of drug-likeness (QED) is 0.423. The van der Waals surface area contributed by atoms with E-state index in [2.05, 4.69) is 0 Å². The molecule has 21 heavy (non-hydrogen) atoms. The van der Waals surface area contributed by atoms with Crippen molar-refractivity contribution in [2.45, 2.75) is 74.2 Å². The lowest BCUT2D eigenvalue weighted by atomic mass is 9.75. The highest BCUT2D eigenvalue weighted by Gasteiger charge is 2.58. The van der Waals surface area contributed by atoms with Crippen LogP contribution in [0.4, 0.5) is 13.2 Å². The van der Waals surface area contributed by atoms with Gasteiger partial charge in [-0.2, -0.15) is 13.2 Å². The Balaban J connectivity index is 2.91. The molecule has 0 aromatic carbocycles. The molecule has 1 aliphatic carbocycles. The summed E-state index contributed by atoms with van der Waals surface area (Å²) in [4.78, 5) is 12.1. The van der Waals surface area contributed by atoms with Crippen LogP contribution in [0.5, 0.6) is 0 Å². The molecule has 7 heteroatoms. The molecule has 0 saturated heterocycles. The predicted molar refractivity (Wildman–Crippen MR) is 81.2 cm³/mol. The number of halogens is 4. The normalized spacial score (nSPS) is 29.3. The van der Waals surface area contributed by atoms with Gasteiger partial charge in [-0.3, -0.25) is 4.79 Å². The lowest BCUT2D eigenvalue weighted by Gasteiger charge is -2.41. The molecule has 3 nitrogen and oxygen atoms in total. The molecular weight excluding hydrogens is 400 g/mol. The molecule has 4 unspecified atom stereocenters. The van der Waals surface area contributed by atoms with Crippen molar-refractivity contribution >= 4 is 28.6 Å². The van der Waals surface area contributed by atoms with Gasteiger partial charge in [0.05, 0.1) is 0 Å². The van der Waals surface area contributed by atoms with Crippen LogP contribution >= 0.6 is 22.6 Å². The van der Waals surface area contributed by atoms with E-state index in [1.165, 1.54) is 0 Å². The highest BCUT2D eigenvalue weighted by molar-refractivity contribution is 14.1. The summed E-state index contributed by atoms with van der Waals surface area (Å²) >= 11 is 1.95. The molecule has 0 aliphatic heterocycles. The summed E-state index contributed by atoms with van der Waals surface area (Å²) in [5, 5.41) is 9.90. The fourth-order valence-electron chi connectivity index (χ4n) is 2.50. The number of aliphatic hydroxyl groups is 1. The van der Waals surface area contributed by atoms with Crippen molar-refractivity contribution in [1.29, 1.82) is 0 Å².